The lowest BCUT2D eigenvalue weighted by Gasteiger charge is -2.23. The third-order valence-electron chi connectivity index (χ3n) is 2.84. The Bertz CT molecular complexity index is 490. The van der Waals surface area contributed by atoms with E-state index in [1.807, 2.05) is 0 Å². The number of halogens is 1. The lowest BCUT2D eigenvalue weighted by Crippen LogP contribution is -2.39. The number of hydrogen-bond acceptors (Lipinski definition) is 3. The fraction of sp³-hybridized carbons (Fsp3) is 0.385. The van der Waals surface area contributed by atoms with Crippen LogP contribution in [0.3, 0.4) is 0 Å². The molecule has 0 aromatic heterocycles. The molecule has 0 aliphatic heterocycles. The average molecular weight is 269 g/mol. The molecule has 1 unspecified atom stereocenters. The van der Waals surface area contributed by atoms with Gasteiger partial charge in [0.15, 0.2) is 0 Å². The van der Waals surface area contributed by atoms with Gasteiger partial charge in [-0.3, -0.25) is 14.5 Å². The first-order valence-corrected chi connectivity index (χ1v) is 5.71. The standard InChI is InChI=1S/C13H16FNO4/c1-8-5-9(3-4-10(8)14)7-15(2)11(13(18)19)6-12(16)17/h3-5,11H,6-7H2,1-2H3,(H,16,17)(H,18,19). The van der Waals surface area contributed by atoms with Crippen molar-refractivity contribution in [2.24, 2.45) is 0 Å². The second-order valence-corrected chi connectivity index (χ2v) is 4.45. The quantitative estimate of drug-likeness (QED) is 0.818. The molecule has 5 nitrogen and oxygen atoms in total. The van der Waals surface area contributed by atoms with Crippen LogP contribution in [0.15, 0.2) is 18.2 Å². The molecule has 1 aromatic rings. The predicted molar refractivity (Wildman–Crippen MR) is 66.3 cm³/mol. The summed E-state index contributed by atoms with van der Waals surface area (Å²) in [6.07, 6.45) is -0.480. The number of benzene rings is 1. The van der Waals surface area contributed by atoms with E-state index < -0.39 is 24.4 Å². The molecule has 1 aromatic carbocycles. The largest absolute Gasteiger partial charge is 0.481 e. The Kier molecular flexibility index (Phi) is 5.00. The van der Waals surface area contributed by atoms with Crippen LogP contribution in [0.4, 0.5) is 4.39 Å². The number of carbonyl (C=O) groups is 2. The van der Waals surface area contributed by atoms with Gasteiger partial charge in [-0.1, -0.05) is 12.1 Å². The number of nitrogens with zero attached hydrogens (tertiary/aromatic N) is 1. The molecule has 19 heavy (non-hydrogen) atoms. The van der Waals surface area contributed by atoms with Gasteiger partial charge in [-0.25, -0.2) is 4.39 Å². The Morgan fingerprint density at radius 2 is 2.00 bits per heavy atom. The lowest BCUT2D eigenvalue weighted by atomic mass is 10.1. The first kappa shape index (κ1) is 15.1. The van der Waals surface area contributed by atoms with Gasteiger partial charge in [0.05, 0.1) is 6.42 Å². The highest BCUT2D eigenvalue weighted by molar-refractivity contribution is 5.80. The number of aryl methyl sites for hydroxylation is 1. The highest BCUT2D eigenvalue weighted by Gasteiger charge is 2.25. The number of aliphatic carboxylic acids is 2. The summed E-state index contributed by atoms with van der Waals surface area (Å²) < 4.78 is 13.1. The van der Waals surface area contributed by atoms with Gasteiger partial charge >= 0.3 is 11.9 Å². The van der Waals surface area contributed by atoms with Crippen molar-refractivity contribution in [2.45, 2.75) is 25.9 Å². The fourth-order valence-corrected chi connectivity index (χ4v) is 1.80. The summed E-state index contributed by atoms with van der Waals surface area (Å²) in [4.78, 5) is 23.1. The Hall–Kier alpha value is -1.95. The molecule has 1 rings (SSSR count). The number of carboxylic acids is 2. The average Bonchev–Trinajstić information content (AvgIpc) is 2.30. The maximum Gasteiger partial charge on any atom is 0.321 e. The molecule has 0 heterocycles. The lowest BCUT2D eigenvalue weighted by molar-refractivity contribution is -0.149. The van der Waals surface area contributed by atoms with E-state index in [0.29, 0.717) is 5.56 Å². The number of rotatable bonds is 6. The Morgan fingerprint density at radius 1 is 1.37 bits per heavy atom. The molecule has 0 fully saturated rings. The van der Waals surface area contributed by atoms with Crippen LogP contribution < -0.4 is 0 Å². The van der Waals surface area contributed by atoms with E-state index in [4.69, 9.17) is 10.2 Å². The molecule has 104 valence electrons. The highest BCUT2D eigenvalue weighted by atomic mass is 19.1. The van der Waals surface area contributed by atoms with E-state index in [9.17, 15) is 14.0 Å². The van der Waals surface area contributed by atoms with Crippen LogP contribution in [-0.2, 0) is 16.1 Å². The zero-order valence-electron chi connectivity index (χ0n) is 10.8. The molecule has 0 amide bonds. The molecular weight excluding hydrogens is 253 g/mol. The second kappa shape index (κ2) is 6.29. The number of carboxylic acid groups (broad SMARTS) is 2. The minimum absolute atomic E-state index is 0.241. The van der Waals surface area contributed by atoms with E-state index in [-0.39, 0.29) is 12.4 Å². The molecule has 0 spiro atoms. The van der Waals surface area contributed by atoms with Gasteiger partial charge in [0, 0.05) is 6.54 Å². The van der Waals surface area contributed by atoms with Gasteiger partial charge in [-0.15, -0.1) is 0 Å². The van der Waals surface area contributed by atoms with Crippen LogP contribution in [-0.4, -0.2) is 40.1 Å². The zero-order chi connectivity index (χ0) is 14.6. The van der Waals surface area contributed by atoms with Gasteiger partial charge in [-0.05, 0) is 31.2 Å². The van der Waals surface area contributed by atoms with Crippen molar-refractivity contribution < 1.29 is 24.2 Å². The van der Waals surface area contributed by atoms with Crippen molar-refractivity contribution >= 4 is 11.9 Å². The van der Waals surface area contributed by atoms with Gasteiger partial charge in [0.25, 0.3) is 0 Å². The zero-order valence-corrected chi connectivity index (χ0v) is 10.8. The van der Waals surface area contributed by atoms with Crippen molar-refractivity contribution in [1.82, 2.24) is 4.90 Å². The Labute approximate surface area is 110 Å². The van der Waals surface area contributed by atoms with Gasteiger partial charge in [-0.2, -0.15) is 0 Å². The summed E-state index contributed by atoms with van der Waals surface area (Å²) in [6, 6.07) is 3.37. The third-order valence-corrected chi connectivity index (χ3v) is 2.84. The topological polar surface area (TPSA) is 77.8 Å². The molecule has 1 atom stereocenters. The molecular formula is C13H16FNO4. The summed E-state index contributed by atoms with van der Waals surface area (Å²) in [7, 11) is 1.53. The second-order valence-electron chi connectivity index (χ2n) is 4.45. The molecule has 0 saturated carbocycles. The summed E-state index contributed by atoms with van der Waals surface area (Å²) in [5.41, 5.74) is 1.20. The summed E-state index contributed by atoms with van der Waals surface area (Å²) >= 11 is 0. The maximum absolute atomic E-state index is 13.1. The molecule has 6 heteroatoms. The van der Waals surface area contributed by atoms with Crippen LogP contribution in [0.2, 0.25) is 0 Å². The van der Waals surface area contributed by atoms with Crippen molar-refractivity contribution in [3.05, 3.63) is 35.1 Å². The fourth-order valence-electron chi connectivity index (χ4n) is 1.80. The van der Waals surface area contributed by atoms with Crippen LogP contribution in [0.5, 0.6) is 0 Å². The summed E-state index contributed by atoms with van der Waals surface area (Å²) in [6.45, 7) is 1.86. The highest BCUT2D eigenvalue weighted by Crippen LogP contribution is 2.13. The van der Waals surface area contributed by atoms with Gasteiger partial charge in [0.2, 0.25) is 0 Å². The monoisotopic (exact) mass is 269 g/mol. The van der Waals surface area contributed by atoms with Crippen molar-refractivity contribution in [3.8, 4) is 0 Å². The Morgan fingerprint density at radius 3 is 2.47 bits per heavy atom. The van der Waals surface area contributed by atoms with E-state index in [1.54, 1.807) is 19.1 Å². The van der Waals surface area contributed by atoms with Crippen molar-refractivity contribution in [2.75, 3.05) is 7.05 Å². The van der Waals surface area contributed by atoms with Crippen molar-refractivity contribution in [3.63, 3.8) is 0 Å². The van der Waals surface area contributed by atoms with Gasteiger partial charge in [0.1, 0.15) is 11.9 Å². The predicted octanol–water partition coefficient (Wildman–Crippen LogP) is 1.49. The van der Waals surface area contributed by atoms with E-state index in [0.717, 1.165) is 5.56 Å². The van der Waals surface area contributed by atoms with Crippen LogP contribution in [0.25, 0.3) is 0 Å². The minimum atomic E-state index is -1.19. The van der Waals surface area contributed by atoms with E-state index in [2.05, 4.69) is 0 Å². The summed E-state index contributed by atoms with van der Waals surface area (Å²) in [5, 5.41) is 17.7. The van der Waals surface area contributed by atoms with Crippen molar-refractivity contribution in [1.29, 1.82) is 0 Å². The molecule has 2 N–H and O–H groups in total. The molecule has 0 radical (unpaired) electrons. The van der Waals surface area contributed by atoms with E-state index in [1.165, 1.54) is 18.0 Å². The SMILES string of the molecule is Cc1cc(CN(C)C(CC(=O)O)C(=O)O)ccc1F. The minimum Gasteiger partial charge on any atom is -0.481 e. The van der Waals surface area contributed by atoms with Crippen LogP contribution in [0, 0.1) is 12.7 Å². The first-order chi connectivity index (χ1) is 8.81. The Balaban J connectivity index is 2.80. The van der Waals surface area contributed by atoms with E-state index >= 15 is 0 Å². The third kappa shape index (κ3) is 4.33. The molecule has 0 saturated heterocycles. The maximum atomic E-state index is 13.1. The molecule has 0 bridgehead atoms. The van der Waals surface area contributed by atoms with Crippen LogP contribution >= 0.6 is 0 Å². The number of likely N-dealkylation sites (N-methyl/N-ethyl adjacent to an activating group) is 1. The number of hydrogen-bond donors (Lipinski definition) is 2. The first-order valence-electron chi connectivity index (χ1n) is 5.71. The smallest absolute Gasteiger partial charge is 0.321 e. The molecule has 0 aliphatic rings. The summed E-state index contributed by atoms with van der Waals surface area (Å²) in [5.74, 6) is -2.69. The van der Waals surface area contributed by atoms with Gasteiger partial charge < -0.3 is 10.2 Å². The molecule has 0 aliphatic carbocycles. The normalized spacial score (nSPS) is 12.4. The van der Waals surface area contributed by atoms with Crippen LogP contribution in [0.1, 0.15) is 17.5 Å².